The molecule has 0 aromatic carbocycles. The largest absolute Gasteiger partial charge is 0.468 e. The Hall–Kier alpha value is -0.620. The van der Waals surface area contributed by atoms with E-state index in [4.69, 9.17) is 0 Å². The van der Waals surface area contributed by atoms with Gasteiger partial charge in [0.15, 0.2) is 9.84 Å². The van der Waals surface area contributed by atoms with Gasteiger partial charge in [-0.25, -0.2) is 8.42 Å². The quantitative estimate of drug-likeness (QED) is 0.453. The van der Waals surface area contributed by atoms with E-state index < -0.39 is 9.84 Å². The van der Waals surface area contributed by atoms with Gasteiger partial charge in [-0.15, -0.1) is 0 Å². The topological polar surface area (TPSA) is 63.7 Å². The molecule has 0 bridgehead atoms. The Morgan fingerprint density at radius 1 is 1.29 bits per heavy atom. The van der Waals surface area contributed by atoms with Crippen molar-refractivity contribution in [3.05, 3.63) is 0 Å². The standard InChI is InChI=1S/C8H15NO4S/c10-8-13-5-1-2-9-3-6-14(11,12)7-4-9/h8H,1-7H2. The van der Waals surface area contributed by atoms with Gasteiger partial charge in [-0.2, -0.15) is 0 Å². The first-order valence-corrected chi connectivity index (χ1v) is 6.44. The summed E-state index contributed by atoms with van der Waals surface area (Å²) < 4.78 is 26.7. The van der Waals surface area contributed by atoms with Crippen molar-refractivity contribution in [1.29, 1.82) is 0 Å². The van der Waals surface area contributed by atoms with Gasteiger partial charge in [0.05, 0.1) is 18.1 Å². The van der Waals surface area contributed by atoms with Crippen molar-refractivity contribution in [2.75, 3.05) is 37.7 Å². The summed E-state index contributed by atoms with van der Waals surface area (Å²) in [7, 11) is -2.78. The van der Waals surface area contributed by atoms with Gasteiger partial charge in [0, 0.05) is 19.6 Å². The zero-order valence-electron chi connectivity index (χ0n) is 8.02. The van der Waals surface area contributed by atoms with E-state index in [-0.39, 0.29) is 11.5 Å². The van der Waals surface area contributed by atoms with Gasteiger partial charge in [0.1, 0.15) is 0 Å². The van der Waals surface area contributed by atoms with Crippen LogP contribution in [0.25, 0.3) is 0 Å². The number of carbonyl (C=O) groups is 1. The zero-order chi connectivity index (χ0) is 10.4. The maximum Gasteiger partial charge on any atom is 0.293 e. The predicted molar refractivity (Wildman–Crippen MR) is 51.7 cm³/mol. The first-order valence-electron chi connectivity index (χ1n) is 4.62. The highest BCUT2D eigenvalue weighted by molar-refractivity contribution is 7.91. The summed E-state index contributed by atoms with van der Waals surface area (Å²) >= 11 is 0. The Labute approximate surface area is 83.9 Å². The van der Waals surface area contributed by atoms with Crippen molar-refractivity contribution < 1.29 is 17.9 Å². The second kappa shape index (κ2) is 5.31. The molecule has 1 aliphatic rings. The summed E-state index contributed by atoms with van der Waals surface area (Å²) in [6.45, 7) is 2.84. The van der Waals surface area contributed by atoms with Crippen molar-refractivity contribution in [3.63, 3.8) is 0 Å². The summed E-state index contributed by atoms with van der Waals surface area (Å²) in [6.07, 6.45) is 0.763. The lowest BCUT2D eigenvalue weighted by Crippen LogP contribution is -2.40. The van der Waals surface area contributed by atoms with Crippen LogP contribution in [0.4, 0.5) is 0 Å². The summed E-state index contributed by atoms with van der Waals surface area (Å²) in [5.41, 5.74) is 0. The van der Waals surface area contributed by atoms with Gasteiger partial charge in [-0.3, -0.25) is 4.79 Å². The second-order valence-electron chi connectivity index (χ2n) is 3.31. The molecule has 1 aliphatic heterocycles. The van der Waals surface area contributed by atoms with Gasteiger partial charge in [0.25, 0.3) is 6.47 Å². The lowest BCUT2D eigenvalue weighted by molar-refractivity contribution is -0.128. The van der Waals surface area contributed by atoms with Crippen molar-refractivity contribution >= 4 is 16.3 Å². The van der Waals surface area contributed by atoms with Crippen LogP contribution < -0.4 is 0 Å². The Bertz CT molecular complexity index is 261. The molecule has 1 saturated heterocycles. The second-order valence-corrected chi connectivity index (χ2v) is 5.62. The van der Waals surface area contributed by atoms with E-state index in [0.29, 0.717) is 26.2 Å². The van der Waals surface area contributed by atoms with Crippen LogP contribution in [0.3, 0.4) is 0 Å². The third-order valence-corrected chi connectivity index (χ3v) is 3.85. The van der Waals surface area contributed by atoms with E-state index in [1.807, 2.05) is 0 Å². The number of sulfone groups is 1. The molecule has 0 atom stereocenters. The predicted octanol–water partition coefficient (Wildman–Crippen LogP) is -0.720. The van der Waals surface area contributed by atoms with Crippen molar-refractivity contribution in [2.24, 2.45) is 0 Å². The smallest absolute Gasteiger partial charge is 0.293 e. The minimum Gasteiger partial charge on any atom is -0.468 e. The number of nitrogens with zero attached hydrogens (tertiary/aromatic N) is 1. The fourth-order valence-electron chi connectivity index (χ4n) is 1.39. The molecule has 0 saturated carbocycles. The molecular formula is C8H15NO4S. The Morgan fingerprint density at radius 3 is 2.50 bits per heavy atom. The molecule has 1 rings (SSSR count). The molecule has 82 valence electrons. The van der Waals surface area contributed by atoms with Crippen LogP contribution in [-0.2, 0) is 19.4 Å². The minimum atomic E-state index is -2.78. The van der Waals surface area contributed by atoms with E-state index in [0.717, 1.165) is 13.0 Å². The molecule has 0 aromatic rings. The van der Waals surface area contributed by atoms with Crippen LogP contribution in [0, 0.1) is 0 Å². The van der Waals surface area contributed by atoms with E-state index in [9.17, 15) is 13.2 Å². The lowest BCUT2D eigenvalue weighted by atomic mass is 10.4. The van der Waals surface area contributed by atoms with Gasteiger partial charge >= 0.3 is 0 Å². The highest BCUT2D eigenvalue weighted by atomic mass is 32.2. The fourth-order valence-corrected chi connectivity index (χ4v) is 2.67. The summed E-state index contributed by atoms with van der Waals surface area (Å²) in [5, 5.41) is 0. The molecule has 0 radical (unpaired) electrons. The van der Waals surface area contributed by atoms with Crippen LogP contribution in [0.1, 0.15) is 6.42 Å². The molecule has 14 heavy (non-hydrogen) atoms. The van der Waals surface area contributed by atoms with Crippen LogP contribution in [0.2, 0.25) is 0 Å². The van der Waals surface area contributed by atoms with E-state index in [1.165, 1.54) is 0 Å². The number of ether oxygens (including phenoxy) is 1. The van der Waals surface area contributed by atoms with Crippen molar-refractivity contribution in [1.82, 2.24) is 4.90 Å². The molecule has 0 N–H and O–H groups in total. The van der Waals surface area contributed by atoms with Crippen LogP contribution in [0.5, 0.6) is 0 Å². The van der Waals surface area contributed by atoms with E-state index in [1.54, 1.807) is 0 Å². The molecule has 6 heteroatoms. The highest BCUT2D eigenvalue weighted by Crippen LogP contribution is 2.03. The molecule has 0 spiro atoms. The van der Waals surface area contributed by atoms with Crippen LogP contribution in [0.15, 0.2) is 0 Å². The van der Waals surface area contributed by atoms with Crippen molar-refractivity contribution in [3.8, 4) is 0 Å². The molecule has 1 heterocycles. The van der Waals surface area contributed by atoms with Crippen molar-refractivity contribution in [2.45, 2.75) is 6.42 Å². The lowest BCUT2D eigenvalue weighted by Gasteiger charge is -2.26. The van der Waals surface area contributed by atoms with E-state index >= 15 is 0 Å². The number of rotatable bonds is 5. The first kappa shape index (κ1) is 11.5. The van der Waals surface area contributed by atoms with Crippen LogP contribution in [-0.4, -0.2) is 57.5 Å². The zero-order valence-corrected chi connectivity index (χ0v) is 8.83. The molecule has 0 amide bonds. The molecule has 0 aromatic heterocycles. The normalized spacial score (nSPS) is 21.7. The monoisotopic (exact) mass is 221 g/mol. The molecule has 5 nitrogen and oxygen atoms in total. The highest BCUT2D eigenvalue weighted by Gasteiger charge is 2.20. The number of hydrogen-bond donors (Lipinski definition) is 0. The number of carbonyl (C=O) groups excluding carboxylic acids is 1. The molecule has 0 unspecified atom stereocenters. The maximum atomic E-state index is 11.1. The molecular weight excluding hydrogens is 206 g/mol. The minimum absolute atomic E-state index is 0.252. The first-order chi connectivity index (χ1) is 6.64. The summed E-state index contributed by atoms with van der Waals surface area (Å²) in [6, 6.07) is 0. The van der Waals surface area contributed by atoms with E-state index in [2.05, 4.69) is 9.64 Å². The third-order valence-electron chi connectivity index (χ3n) is 2.24. The fraction of sp³-hybridized carbons (Fsp3) is 0.875. The Balaban J connectivity index is 2.13. The van der Waals surface area contributed by atoms with Crippen LogP contribution >= 0.6 is 0 Å². The number of hydrogen-bond acceptors (Lipinski definition) is 5. The van der Waals surface area contributed by atoms with Gasteiger partial charge < -0.3 is 9.64 Å². The van der Waals surface area contributed by atoms with Gasteiger partial charge in [-0.1, -0.05) is 0 Å². The summed E-state index contributed by atoms with van der Waals surface area (Å²) in [5.74, 6) is 0.503. The molecule has 0 aliphatic carbocycles. The maximum absolute atomic E-state index is 11.1. The van der Waals surface area contributed by atoms with Gasteiger partial charge in [0.2, 0.25) is 0 Å². The average Bonchev–Trinajstić information content (AvgIpc) is 2.15. The average molecular weight is 221 g/mol. The Morgan fingerprint density at radius 2 is 1.93 bits per heavy atom. The SMILES string of the molecule is O=COCCCN1CCS(=O)(=O)CC1. The third kappa shape index (κ3) is 4.06. The summed E-state index contributed by atoms with van der Waals surface area (Å²) in [4.78, 5) is 11.9. The molecule has 1 fully saturated rings. The Kier molecular flexibility index (Phi) is 4.34. The van der Waals surface area contributed by atoms with Gasteiger partial charge in [-0.05, 0) is 6.42 Å².